The molecule has 1 aromatic rings. The van der Waals surface area contributed by atoms with Gasteiger partial charge in [0.15, 0.2) is 0 Å². The van der Waals surface area contributed by atoms with Crippen molar-refractivity contribution in [2.24, 2.45) is 0 Å². The van der Waals surface area contributed by atoms with Crippen LogP contribution in [0.2, 0.25) is 5.02 Å². The Morgan fingerprint density at radius 3 is 2.29 bits per heavy atom. The van der Waals surface area contributed by atoms with E-state index in [9.17, 15) is 4.79 Å². The number of likely N-dealkylation sites (N-methyl/N-ethyl adjacent to an activating group) is 2. The van der Waals surface area contributed by atoms with Gasteiger partial charge >= 0.3 is 0 Å². The number of hydrogen-bond donors (Lipinski definition) is 2. The average molecular weight is 213 g/mol. The highest BCUT2D eigenvalue weighted by atomic mass is 35.5. The van der Waals surface area contributed by atoms with Crippen LogP contribution in [0.1, 0.15) is 11.6 Å². The Balaban J connectivity index is 2.89. The van der Waals surface area contributed by atoms with Crippen LogP contribution in [0.15, 0.2) is 24.3 Å². The highest BCUT2D eigenvalue weighted by Gasteiger charge is 2.16. The highest BCUT2D eigenvalue weighted by Crippen LogP contribution is 2.16. The normalized spacial score (nSPS) is 12.2. The zero-order valence-electron chi connectivity index (χ0n) is 8.17. The minimum absolute atomic E-state index is 0.0603. The summed E-state index contributed by atoms with van der Waals surface area (Å²) in [5.41, 5.74) is 0.899. The predicted octanol–water partition coefficient (Wildman–Crippen LogP) is 1.35. The molecule has 0 fully saturated rings. The Bertz CT molecular complexity index is 310. The maximum absolute atomic E-state index is 11.4. The Kier molecular flexibility index (Phi) is 3.92. The lowest BCUT2D eigenvalue weighted by Crippen LogP contribution is -2.33. The second kappa shape index (κ2) is 4.98. The number of amides is 1. The van der Waals surface area contributed by atoms with Crippen molar-refractivity contribution in [2.45, 2.75) is 6.04 Å². The number of hydrogen-bond acceptors (Lipinski definition) is 2. The van der Waals surface area contributed by atoms with Crippen molar-refractivity contribution in [3.8, 4) is 0 Å². The molecule has 0 aromatic heterocycles. The van der Waals surface area contributed by atoms with Crippen LogP contribution in [0.3, 0.4) is 0 Å². The van der Waals surface area contributed by atoms with Crippen LogP contribution in [0.5, 0.6) is 0 Å². The molecule has 0 unspecified atom stereocenters. The third-order valence-electron chi connectivity index (χ3n) is 2.00. The minimum atomic E-state index is -0.322. The lowest BCUT2D eigenvalue weighted by atomic mass is 10.1. The lowest BCUT2D eigenvalue weighted by molar-refractivity contribution is -0.122. The van der Waals surface area contributed by atoms with E-state index in [-0.39, 0.29) is 11.9 Å². The number of carbonyl (C=O) groups is 1. The molecule has 0 aliphatic rings. The fourth-order valence-electron chi connectivity index (χ4n) is 1.25. The van der Waals surface area contributed by atoms with Gasteiger partial charge in [-0.05, 0) is 24.7 Å². The number of nitrogens with one attached hydrogen (secondary N) is 2. The van der Waals surface area contributed by atoms with E-state index >= 15 is 0 Å². The predicted molar refractivity (Wildman–Crippen MR) is 57.3 cm³/mol. The quantitative estimate of drug-likeness (QED) is 0.794. The fraction of sp³-hybridized carbons (Fsp3) is 0.300. The summed E-state index contributed by atoms with van der Waals surface area (Å²) in [6.07, 6.45) is 0. The first-order valence-electron chi connectivity index (χ1n) is 4.33. The second-order valence-electron chi connectivity index (χ2n) is 2.89. The molecule has 1 atom stereocenters. The first-order chi connectivity index (χ1) is 6.69. The molecule has 0 heterocycles. The highest BCUT2D eigenvalue weighted by molar-refractivity contribution is 6.30. The van der Waals surface area contributed by atoms with E-state index in [4.69, 9.17) is 11.6 Å². The van der Waals surface area contributed by atoms with E-state index in [1.165, 1.54) is 0 Å². The van der Waals surface area contributed by atoms with Crippen LogP contribution in [0.25, 0.3) is 0 Å². The molecule has 0 spiro atoms. The molecule has 0 aliphatic carbocycles. The molecular weight excluding hydrogens is 200 g/mol. The molecule has 1 rings (SSSR count). The molecule has 0 bridgehead atoms. The molecule has 0 saturated heterocycles. The van der Waals surface area contributed by atoms with Gasteiger partial charge in [-0.15, -0.1) is 0 Å². The van der Waals surface area contributed by atoms with Crippen LogP contribution in [-0.2, 0) is 4.79 Å². The van der Waals surface area contributed by atoms with Crippen molar-refractivity contribution in [1.82, 2.24) is 10.6 Å². The Morgan fingerprint density at radius 1 is 1.29 bits per heavy atom. The van der Waals surface area contributed by atoms with Gasteiger partial charge in [0, 0.05) is 12.1 Å². The molecule has 3 nitrogen and oxygen atoms in total. The van der Waals surface area contributed by atoms with Crippen LogP contribution in [0.4, 0.5) is 0 Å². The van der Waals surface area contributed by atoms with Crippen molar-refractivity contribution < 1.29 is 4.79 Å². The zero-order chi connectivity index (χ0) is 10.6. The summed E-state index contributed by atoms with van der Waals surface area (Å²) in [4.78, 5) is 11.4. The van der Waals surface area contributed by atoms with Gasteiger partial charge in [0.2, 0.25) is 5.91 Å². The monoisotopic (exact) mass is 212 g/mol. The molecule has 0 aliphatic heterocycles. The van der Waals surface area contributed by atoms with Crippen LogP contribution in [-0.4, -0.2) is 20.0 Å². The van der Waals surface area contributed by atoms with E-state index < -0.39 is 0 Å². The van der Waals surface area contributed by atoms with E-state index in [0.717, 1.165) is 5.56 Å². The average Bonchev–Trinajstić information content (AvgIpc) is 2.21. The Labute approximate surface area is 88.5 Å². The van der Waals surface area contributed by atoms with Crippen LogP contribution >= 0.6 is 11.6 Å². The first kappa shape index (κ1) is 11.0. The number of carbonyl (C=O) groups excluding carboxylic acids is 1. The summed E-state index contributed by atoms with van der Waals surface area (Å²) in [6.45, 7) is 0. The SMILES string of the molecule is CNC(=O)[C@@H](NC)c1ccc(Cl)cc1. The van der Waals surface area contributed by atoms with Crippen LogP contribution < -0.4 is 10.6 Å². The molecule has 2 N–H and O–H groups in total. The maximum atomic E-state index is 11.4. The number of rotatable bonds is 3. The standard InChI is InChI=1S/C10H13ClN2O/c1-12-9(10(14)13-2)7-3-5-8(11)6-4-7/h3-6,9,12H,1-2H3,(H,13,14)/t9-/m0/s1. The summed E-state index contributed by atoms with van der Waals surface area (Å²) in [6, 6.07) is 6.88. The Hall–Kier alpha value is -1.06. The largest absolute Gasteiger partial charge is 0.358 e. The smallest absolute Gasteiger partial charge is 0.241 e. The van der Waals surface area contributed by atoms with E-state index in [1.807, 2.05) is 12.1 Å². The van der Waals surface area contributed by atoms with E-state index in [1.54, 1.807) is 26.2 Å². The Morgan fingerprint density at radius 2 is 1.86 bits per heavy atom. The molecule has 76 valence electrons. The van der Waals surface area contributed by atoms with E-state index in [0.29, 0.717) is 5.02 Å². The van der Waals surface area contributed by atoms with Gasteiger partial charge in [-0.2, -0.15) is 0 Å². The molecular formula is C10H13ClN2O. The number of benzene rings is 1. The fourth-order valence-corrected chi connectivity index (χ4v) is 1.37. The topological polar surface area (TPSA) is 41.1 Å². The molecule has 1 amide bonds. The summed E-state index contributed by atoms with van der Waals surface area (Å²) in [5.74, 6) is -0.0603. The third kappa shape index (κ3) is 2.47. The minimum Gasteiger partial charge on any atom is -0.358 e. The maximum Gasteiger partial charge on any atom is 0.241 e. The second-order valence-corrected chi connectivity index (χ2v) is 3.32. The molecule has 0 radical (unpaired) electrons. The van der Waals surface area contributed by atoms with Gasteiger partial charge in [0.05, 0.1) is 0 Å². The van der Waals surface area contributed by atoms with Crippen molar-refractivity contribution in [1.29, 1.82) is 0 Å². The van der Waals surface area contributed by atoms with Gasteiger partial charge in [0.25, 0.3) is 0 Å². The van der Waals surface area contributed by atoms with Gasteiger partial charge in [-0.1, -0.05) is 23.7 Å². The summed E-state index contributed by atoms with van der Waals surface area (Å²) >= 11 is 5.75. The van der Waals surface area contributed by atoms with Gasteiger partial charge in [-0.3, -0.25) is 4.79 Å². The van der Waals surface area contributed by atoms with E-state index in [2.05, 4.69) is 10.6 Å². The molecule has 0 saturated carbocycles. The summed E-state index contributed by atoms with van der Waals surface area (Å²) in [7, 11) is 3.36. The third-order valence-corrected chi connectivity index (χ3v) is 2.25. The van der Waals surface area contributed by atoms with Crippen molar-refractivity contribution >= 4 is 17.5 Å². The molecule has 14 heavy (non-hydrogen) atoms. The van der Waals surface area contributed by atoms with Crippen LogP contribution in [0, 0.1) is 0 Å². The first-order valence-corrected chi connectivity index (χ1v) is 4.71. The molecule has 4 heteroatoms. The molecule has 1 aromatic carbocycles. The summed E-state index contributed by atoms with van der Waals surface area (Å²) in [5, 5.41) is 6.20. The van der Waals surface area contributed by atoms with Gasteiger partial charge in [0.1, 0.15) is 6.04 Å². The zero-order valence-corrected chi connectivity index (χ0v) is 8.93. The van der Waals surface area contributed by atoms with Gasteiger partial charge in [-0.25, -0.2) is 0 Å². The van der Waals surface area contributed by atoms with Crippen molar-refractivity contribution in [3.63, 3.8) is 0 Å². The summed E-state index contributed by atoms with van der Waals surface area (Å²) < 4.78 is 0. The number of halogens is 1. The van der Waals surface area contributed by atoms with Gasteiger partial charge < -0.3 is 10.6 Å². The van der Waals surface area contributed by atoms with Crippen molar-refractivity contribution in [3.05, 3.63) is 34.9 Å². The van der Waals surface area contributed by atoms with Crippen molar-refractivity contribution in [2.75, 3.05) is 14.1 Å². The lowest BCUT2D eigenvalue weighted by Gasteiger charge is -2.14.